The molecule has 132 valence electrons. The first-order valence-corrected chi connectivity index (χ1v) is 9.10. The molecule has 1 aliphatic carbocycles. The van der Waals surface area contributed by atoms with Gasteiger partial charge in [0.1, 0.15) is 0 Å². The maximum Gasteiger partial charge on any atom is 0.319 e. The van der Waals surface area contributed by atoms with Crippen LogP contribution in [-0.4, -0.2) is 49.3 Å². The fourth-order valence-electron chi connectivity index (χ4n) is 3.74. The van der Waals surface area contributed by atoms with Gasteiger partial charge < -0.3 is 15.4 Å². The first-order valence-electron chi connectivity index (χ1n) is 8.72. The predicted octanol–water partition coefficient (Wildman–Crippen LogP) is 3.41. The Morgan fingerprint density at radius 1 is 1.29 bits per heavy atom. The highest BCUT2D eigenvalue weighted by atomic mass is 35.5. The molecular weight excluding hydrogens is 326 g/mol. The van der Waals surface area contributed by atoms with E-state index >= 15 is 0 Å². The second-order valence-electron chi connectivity index (χ2n) is 6.89. The third-order valence-corrected chi connectivity index (χ3v) is 5.34. The van der Waals surface area contributed by atoms with Gasteiger partial charge in [-0.2, -0.15) is 0 Å². The average molecular weight is 352 g/mol. The summed E-state index contributed by atoms with van der Waals surface area (Å²) in [5.74, 6) is 0. The molecule has 0 spiro atoms. The lowest BCUT2D eigenvalue weighted by atomic mass is 9.96. The summed E-state index contributed by atoms with van der Waals surface area (Å²) in [6, 6.07) is 5.46. The normalized spacial score (nSPS) is 20.8. The number of aryl methyl sites for hydroxylation is 1. The van der Waals surface area contributed by atoms with E-state index in [2.05, 4.69) is 15.5 Å². The molecule has 2 fully saturated rings. The van der Waals surface area contributed by atoms with Crippen LogP contribution in [0.2, 0.25) is 5.02 Å². The van der Waals surface area contributed by atoms with Gasteiger partial charge in [-0.15, -0.1) is 0 Å². The van der Waals surface area contributed by atoms with Gasteiger partial charge in [0.05, 0.1) is 29.5 Å². The van der Waals surface area contributed by atoms with Gasteiger partial charge in [-0.1, -0.05) is 36.6 Å². The van der Waals surface area contributed by atoms with Gasteiger partial charge in [-0.3, -0.25) is 4.90 Å². The first kappa shape index (κ1) is 17.5. The van der Waals surface area contributed by atoms with E-state index in [4.69, 9.17) is 16.3 Å². The highest BCUT2D eigenvalue weighted by Crippen LogP contribution is 2.31. The molecule has 1 saturated heterocycles. The molecule has 2 N–H and O–H groups in total. The monoisotopic (exact) mass is 351 g/mol. The fraction of sp³-hybridized carbons (Fsp3) is 0.611. The van der Waals surface area contributed by atoms with Gasteiger partial charge in [-0.25, -0.2) is 4.79 Å². The fourth-order valence-corrected chi connectivity index (χ4v) is 4.01. The minimum atomic E-state index is -0.165. The van der Waals surface area contributed by atoms with Crippen molar-refractivity contribution in [2.75, 3.05) is 38.2 Å². The Bertz CT molecular complexity index is 561. The van der Waals surface area contributed by atoms with E-state index in [1.54, 1.807) is 6.07 Å². The summed E-state index contributed by atoms with van der Waals surface area (Å²) in [5.41, 5.74) is 1.51. The van der Waals surface area contributed by atoms with Crippen LogP contribution in [0.3, 0.4) is 0 Å². The molecule has 1 aromatic rings. The molecule has 0 radical (unpaired) electrons. The van der Waals surface area contributed by atoms with Crippen molar-refractivity contribution in [1.82, 2.24) is 10.2 Å². The molecule has 2 aliphatic rings. The highest BCUT2D eigenvalue weighted by Gasteiger charge is 2.37. The van der Waals surface area contributed by atoms with Gasteiger partial charge in [0.15, 0.2) is 0 Å². The number of morpholine rings is 1. The second kappa shape index (κ2) is 7.72. The van der Waals surface area contributed by atoms with Gasteiger partial charge in [0.25, 0.3) is 0 Å². The number of amides is 2. The number of para-hydroxylation sites is 1. The van der Waals surface area contributed by atoms with Gasteiger partial charge in [-0.05, 0) is 31.4 Å². The van der Waals surface area contributed by atoms with E-state index in [1.807, 2.05) is 19.1 Å². The van der Waals surface area contributed by atoms with Crippen molar-refractivity contribution in [2.45, 2.75) is 38.1 Å². The number of benzene rings is 1. The van der Waals surface area contributed by atoms with Crippen LogP contribution in [0.25, 0.3) is 0 Å². The predicted molar refractivity (Wildman–Crippen MR) is 96.8 cm³/mol. The standard InChI is InChI=1S/C18H26ClN3O2/c1-14-5-4-6-15(19)16(14)20-17(23)21-18(7-2-3-8-18)13-22-9-11-24-12-10-22/h4-6H,2-3,7-13H2,1H3,(H2,20,21,23). The van der Waals surface area contributed by atoms with Crippen LogP contribution in [0.15, 0.2) is 18.2 Å². The summed E-state index contributed by atoms with van der Waals surface area (Å²) in [4.78, 5) is 15.0. The average Bonchev–Trinajstić information content (AvgIpc) is 3.00. The van der Waals surface area contributed by atoms with Crippen molar-refractivity contribution in [3.05, 3.63) is 28.8 Å². The molecule has 6 heteroatoms. The number of nitrogens with one attached hydrogen (secondary N) is 2. The number of urea groups is 1. The lowest BCUT2D eigenvalue weighted by molar-refractivity contribution is 0.0254. The van der Waals surface area contributed by atoms with Crippen LogP contribution in [0.1, 0.15) is 31.2 Å². The van der Waals surface area contributed by atoms with Crippen LogP contribution in [0, 0.1) is 6.92 Å². The lowest BCUT2D eigenvalue weighted by Crippen LogP contribution is -2.56. The Hall–Kier alpha value is -1.30. The summed E-state index contributed by atoms with van der Waals surface area (Å²) >= 11 is 6.22. The largest absolute Gasteiger partial charge is 0.379 e. The zero-order chi connectivity index (χ0) is 17.0. The molecule has 24 heavy (non-hydrogen) atoms. The Morgan fingerprint density at radius 2 is 2.00 bits per heavy atom. The molecule has 1 heterocycles. The first-order chi connectivity index (χ1) is 11.6. The van der Waals surface area contributed by atoms with Crippen molar-refractivity contribution < 1.29 is 9.53 Å². The quantitative estimate of drug-likeness (QED) is 0.874. The van der Waals surface area contributed by atoms with Crippen LogP contribution in [-0.2, 0) is 4.74 Å². The van der Waals surface area contributed by atoms with Crippen molar-refractivity contribution in [3.8, 4) is 0 Å². The minimum Gasteiger partial charge on any atom is -0.379 e. The SMILES string of the molecule is Cc1cccc(Cl)c1NC(=O)NC1(CN2CCOCC2)CCCC1. The number of halogens is 1. The zero-order valence-corrected chi connectivity index (χ0v) is 15.0. The van der Waals surface area contributed by atoms with E-state index in [0.29, 0.717) is 10.7 Å². The number of hydrogen-bond donors (Lipinski definition) is 2. The summed E-state index contributed by atoms with van der Waals surface area (Å²) in [6.45, 7) is 6.28. The molecule has 1 saturated carbocycles. The van der Waals surface area contributed by atoms with Gasteiger partial charge >= 0.3 is 6.03 Å². The summed E-state index contributed by atoms with van der Waals surface area (Å²) in [7, 11) is 0. The van der Waals surface area contributed by atoms with Crippen LogP contribution in [0.4, 0.5) is 10.5 Å². The molecule has 0 bridgehead atoms. The number of carbonyl (C=O) groups is 1. The smallest absolute Gasteiger partial charge is 0.319 e. The second-order valence-corrected chi connectivity index (χ2v) is 7.29. The molecule has 0 unspecified atom stereocenters. The van der Waals surface area contributed by atoms with Gasteiger partial charge in [0.2, 0.25) is 0 Å². The molecule has 2 amide bonds. The lowest BCUT2D eigenvalue weighted by Gasteiger charge is -2.37. The molecule has 5 nitrogen and oxygen atoms in total. The van der Waals surface area contributed by atoms with Crippen LogP contribution >= 0.6 is 11.6 Å². The number of carbonyl (C=O) groups excluding carboxylic acids is 1. The van der Waals surface area contributed by atoms with Crippen LogP contribution < -0.4 is 10.6 Å². The number of hydrogen-bond acceptors (Lipinski definition) is 3. The molecule has 0 aromatic heterocycles. The van der Waals surface area contributed by atoms with Gasteiger partial charge in [0, 0.05) is 19.6 Å². The van der Waals surface area contributed by atoms with Crippen molar-refractivity contribution in [1.29, 1.82) is 0 Å². The third-order valence-electron chi connectivity index (χ3n) is 5.03. The van der Waals surface area contributed by atoms with Crippen molar-refractivity contribution >= 4 is 23.3 Å². The minimum absolute atomic E-state index is 0.142. The molecule has 1 aromatic carbocycles. The Kier molecular flexibility index (Phi) is 5.64. The number of ether oxygens (including phenoxy) is 1. The summed E-state index contributed by atoms with van der Waals surface area (Å²) < 4.78 is 5.43. The van der Waals surface area contributed by atoms with Crippen molar-refractivity contribution in [2.24, 2.45) is 0 Å². The van der Waals surface area contributed by atoms with E-state index in [9.17, 15) is 4.79 Å². The topological polar surface area (TPSA) is 53.6 Å². The third kappa shape index (κ3) is 4.21. The maximum atomic E-state index is 12.6. The highest BCUT2D eigenvalue weighted by molar-refractivity contribution is 6.33. The van der Waals surface area contributed by atoms with Crippen molar-refractivity contribution in [3.63, 3.8) is 0 Å². The summed E-state index contributed by atoms with van der Waals surface area (Å²) in [6.07, 6.45) is 4.38. The number of nitrogens with zero attached hydrogens (tertiary/aromatic N) is 1. The number of anilines is 1. The van der Waals surface area contributed by atoms with E-state index in [-0.39, 0.29) is 11.6 Å². The molecule has 0 atom stereocenters. The van der Waals surface area contributed by atoms with E-state index < -0.39 is 0 Å². The maximum absolute atomic E-state index is 12.6. The molecule has 1 aliphatic heterocycles. The Balaban J connectivity index is 1.65. The molecular formula is C18H26ClN3O2. The Morgan fingerprint density at radius 3 is 2.67 bits per heavy atom. The Labute approximate surface area is 148 Å². The van der Waals surface area contributed by atoms with Crippen LogP contribution in [0.5, 0.6) is 0 Å². The molecule has 3 rings (SSSR count). The van der Waals surface area contributed by atoms with E-state index in [0.717, 1.165) is 64.1 Å². The number of rotatable bonds is 4. The summed E-state index contributed by atoms with van der Waals surface area (Å²) in [5, 5.41) is 6.76. The van der Waals surface area contributed by atoms with E-state index in [1.165, 1.54) is 0 Å². The zero-order valence-electron chi connectivity index (χ0n) is 14.2.